The fourth-order valence-corrected chi connectivity index (χ4v) is 6.14. The Kier molecular flexibility index (Phi) is 7.06. The van der Waals surface area contributed by atoms with Gasteiger partial charge in [0.25, 0.3) is 0 Å². The smallest absolute Gasteiger partial charge is 0.318 e. The molecule has 3 aliphatic heterocycles. The summed E-state index contributed by atoms with van der Waals surface area (Å²) in [5.74, 6) is 0.970. The van der Waals surface area contributed by atoms with Crippen molar-refractivity contribution >= 4 is 28.2 Å². The summed E-state index contributed by atoms with van der Waals surface area (Å²) < 4.78 is 6.24. The molecule has 40 heavy (non-hydrogen) atoms. The molecule has 2 fully saturated rings. The molecule has 9 nitrogen and oxygen atoms in total. The zero-order chi connectivity index (χ0) is 27.8. The average Bonchev–Trinajstić information content (AvgIpc) is 3.38. The summed E-state index contributed by atoms with van der Waals surface area (Å²) in [7, 11) is 2.13. The largest absolute Gasteiger partial charge is 0.508 e. The lowest BCUT2D eigenvalue weighted by Crippen LogP contribution is -2.47. The second-order valence-electron chi connectivity index (χ2n) is 10.9. The third kappa shape index (κ3) is 4.97. The second-order valence-corrected chi connectivity index (χ2v) is 10.9. The molecule has 6 rings (SSSR count). The Balaban J connectivity index is 1.33. The summed E-state index contributed by atoms with van der Waals surface area (Å²) in [5.41, 5.74) is 3.74. The van der Waals surface area contributed by atoms with Crippen LogP contribution in [0.1, 0.15) is 24.1 Å². The van der Waals surface area contributed by atoms with E-state index in [-0.39, 0.29) is 11.7 Å². The number of amides is 1. The highest BCUT2D eigenvalue weighted by Crippen LogP contribution is 2.37. The predicted octanol–water partition coefficient (Wildman–Crippen LogP) is 3.72. The van der Waals surface area contributed by atoms with E-state index in [9.17, 15) is 9.90 Å². The molecule has 2 saturated heterocycles. The molecule has 1 aromatic heterocycles. The Morgan fingerprint density at radius 1 is 1.12 bits per heavy atom. The quantitative estimate of drug-likeness (QED) is 0.474. The number of fused-ring (bicyclic) bond motifs is 2. The van der Waals surface area contributed by atoms with Gasteiger partial charge in [-0.2, -0.15) is 9.97 Å². The number of likely N-dealkylation sites (tertiary alicyclic amines) is 1. The van der Waals surface area contributed by atoms with Crippen molar-refractivity contribution in [1.82, 2.24) is 19.8 Å². The highest BCUT2D eigenvalue weighted by Gasteiger charge is 2.31. The fraction of sp³-hybridized carbons (Fsp3) is 0.387. The van der Waals surface area contributed by atoms with Crippen molar-refractivity contribution in [3.63, 3.8) is 0 Å². The summed E-state index contributed by atoms with van der Waals surface area (Å²) in [5, 5.41) is 12.6. The fourth-order valence-electron chi connectivity index (χ4n) is 6.14. The van der Waals surface area contributed by atoms with Gasteiger partial charge in [0.15, 0.2) is 0 Å². The number of hydrogen-bond acceptors (Lipinski definition) is 8. The van der Waals surface area contributed by atoms with Gasteiger partial charge in [0.1, 0.15) is 18.2 Å². The summed E-state index contributed by atoms with van der Waals surface area (Å²) in [6.07, 6.45) is 4.35. The van der Waals surface area contributed by atoms with E-state index in [1.54, 1.807) is 11.0 Å². The lowest BCUT2D eigenvalue weighted by atomic mass is 10.0. The lowest BCUT2D eigenvalue weighted by molar-refractivity contribution is -0.124. The molecule has 0 unspecified atom stereocenters. The molecule has 0 radical (unpaired) electrons. The highest BCUT2D eigenvalue weighted by atomic mass is 16.5. The van der Waals surface area contributed by atoms with Crippen LogP contribution in [-0.4, -0.2) is 83.2 Å². The topological polar surface area (TPSA) is 85.3 Å². The Hall–Kier alpha value is -4.11. The van der Waals surface area contributed by atoms with Crippen molar-refractivity contribution in [1.29, 1.82) is 0 Å². The number of carbonyl (C=O) groups is 1. The first-order chi connectivity index (χ1) is 19.4. The second kappa shape index (κ2) is 10.8. The molecule has 1 N–H and O–H groups in total. The zero-order valence-electron chi connectivity index (χ0n) is 23.1. The standard InChI is InChI=1S/C31H36N6O3/c1-4-29(39)37-15-14-36(18-21(37)2)30-26-11-13-35(28-17-24(38)16-22-8-5-6-10-25(22)28)19-27(26)32-31(33-30)40-20-23-9-7-12-34(23)3/h4-6,8,10,16-17,23,38H,1-2,7,9,11-15,18-20H2,3H3/t23-/m0/s1. The van der Waals surface area contributed by atoms with Crippen LogP contribution < -0.4 is 14.5 Å². The number of anilines is 2. The van der Waals surface area contributed by atoms with E-state index in [0.717, 1.165) is 65.2 Å². The van der Waals surface area contributed by atoms with Crippen LogP contribution in [0.15, 0.2) is 61.3 Å². The van der Waals surface area contributed by atoms with Gasteiger partial charge >= 0.3 is 6.01 Å². The first-order valence-electron chi connectivity index (χ1n) is 14.0. The van der Waals surface area contributed by atoms with Crippen LogP contribution in [0.4, 0.5) is 11.5 Å². The molecule has 3 aromatic rings. The van der Waals surface area contributed by atoms with Crippen LogP contribution >= 0.6 is 0 Å². The molecule has 3 aliphatic rings. The van der Waals surface area contributed by atoms with Crippen LogP contribution in [0.2, 0.25) is 0 Å². The molecule has 4 heterocycles. The van der Waals surface area contributed by atoms with Crippen LogP contribution in [0, 0.1) is 0 Å². The molecule has 0 spiro atoms. The Morgan fingerprint density at radius 2 is 1.98 bits per heavy atom. The van der Waals surface area contributed by atoms with Gasteiger partial charge in [-0.15, -0.1) is 0 Å². The molecule has 0 bridgehead atoms. The van der Waals surface area contributed by atoms with Gasteiger partial charge in [0.2, 0.25) is 5.91 Å². The van der Waals surface area contributed by atoms with Crippen LogP contribution in [0.3, 0.4) is 0 Å². The zero-order valence-corrected chi connectivity index (χ0v) is 23.1. The average molecular weight is 541 g/mol. The van der Waals surface area contributed by atoms with Crippen LogP contribution in [0.25, 0.3) is 10.8 Å². The van der Waals surface area contributed by atoms with Crippen molar-refractivity contribution < 1.29 is 14.6 Å². The SMILES string of the molecule is C=CC(=O)N1CCN(c2nc(OC[C@@H]3CCCN3C)nc3c2CCN(c2cc(O)cc4ccccc24)C3)CC1=C. The van der Waals surface area contributed by atoms with Gasteiger partial charge in [-0.1, -0.05) is 37.4 Å². The molecule has 1 atom stereocenters. The molecule has 0 saturated carbocycles. The number of benzene rings is 2. The number of likely N-dealkylation sites (N-methyl/N-ethyl adjacent to an activating group) is 1. The van der Waals surface area contributed by atoms with Crippen molar-refractivity contribution in [3.05, 3.63) is 72.6 Å². The monoisotopic (exact) mass is 540 g/mol. The van der Waals surface area contributed by atoms with E-state index < -0.39 is 0 Å². The van der Waals surface area contributed by atoms with Crippen LogP contribution in [0.5, 0.6) is 11.8 Å². The van der Waals surface area contributed by atoms with Gasteiger partial charge in [0.05, 0.1) is 18.8 Å². The number of ether oxygens (including phenoxy) is 1. The number of phenols is 1. The highest BCUT2D eigenvalue weighted by molar-refractivity contribution is 5.95. The molecule has 9 heteroatoms. The van der Waals surface area contributed by atoms with E-state index in [1.165, 1.54) is 12.5 Å². The number of hydrogen-bond donors (Lipinski definition) is 1. The predicted molar refractivity (Wildman–Crippen MR) is 157 cm³/mol. The summed E-state index contributed by atoms with van der Waals surface area (Å²) >= 11 is 0. The molecular weight excluding hydrogens is 504 g/mol. The Labute approximate surface area is 235 Å². The van der Waals surface area contributed by atoms with Crippen molar-refractivity contribution in [2.45, 2.75) is 31.8 Å². The van der Waals surface area contributed by atoms with Crippen molar-refractivity contribution in [3.8, 4) is 11.8 Å². The third-order valence-corrected chi connectivity index (χ3v) is 8.35. The van der Waals surface area contributed by atoms with Gasteiger partial charge in [-0.25, -0.2) is 0 Å². The Morgan fingerprint density at radius 3 is 2.75 bits per heavy atom. The number of aromatic nitrogens is 2. The van der Waals surface area contributed by atoms with Gasteiger partial charge in [-0.3, -0.25) is 4.79 Å². The van der Waals surface area contributed by atoms with E-state index in [0.29, 0.717) is 44.8 Å². The molecule has 0 aliphatic carbocycles. The van der Waals surface area contributed by atoms with E-state index in [4.69, 9.17) is 14.7 Å². The van der Waals surface area contributed by atoms with Gasteiger partial charge in [0, 0.05) is 54.1 Å². The number of phenolic OH excluding ortho intramolecular Hbond substituents is 1. The number of carbonyl (C=O) groups excluding carboxylic acids is 1. The minimum absolute atomic E-state index is 0.131. The van der Waals surface area contributed by atoms with E-state index >= 15 is 0 Å². The molecular formula is C31H36N6O3. The number of rotatable bonds is 6. The van der Waals surface area contributed by atoms with Crippen LogP contribution in [-0.2, 0) is 17.8 Å². The minimum Gasteiger partial charge on any atom is -0.508 e. The lowest BCUT2D eigenvalue weighted by Gasteiger charge is -2.39. The first-order valence-corrected chi connectivity index (χ1v) is 14.0. The maximum absolute atomic E-state index is 12.3. The van der Waals surface area contributed by atoms with Gasteiger partial charge in [-0.05, 0) is 50.4 Å². The van der Waals surface area contributed by atoms with E-state index in [1.807, 2.05) is 24.3 Å². The molecule has 2 aromatic carbocycles. The minimum atomic E-state index is -0.131. The number of aromatic hydroxyl groups is 1. The first kappa shape index (κ1) is 26.1. The molecule has 1 amide bonds. The van der Waals surface area contributed by atoms with Gasteiger partial charge < -0.3 is 29.4 Å². The van der Waals surface area contributed by atoms with Crippen molar-refractivity contribution in [2.75, 3.05) is 56.2 Å². The maximum atomic E-state index is 12.3. The number of piperazine rings is 1. The molecule has 208 valence electrons. The summed E-state index contributed by atoms with van der Waals surface area (Å²) in [6.45, 7) is 12.4. The van der Waals surface area contributed by atoms with Crippen molar-refractivity contribution in [2.24, 2.45) is 0 Å². The van der Waals surface area contributed by atoms with E-state index in [2.05, 4.69) is 41.0 Å². The number of nitrogens with zero attached hydrogens (tertiary/aromatic N) is 6. The third-order valence-electron chi connectivity index (χ3n) is 8.35. The Bertz CT molecular complexity index is 1470. The summed E-state index contributed by atoms with van der Waals surface area (Å²) in [6, 6.07) is 12.5. The summed E-state index contributed by atoms with van der Waals surface area (Å²) in [4.78, 5) is 30.6. The maximum Gasteiger partial charge on any atom is 0.318 e. The normalized spacial score (nSPS) is 19.7.